The third-order valence-electron chi connectivity index (χ3n) is 6.19. The van der Waals surface area contributed by atoms with E-state index >= 15 is 0 Å². The van der Waals surface area contributed by atoms with Crippen LogP contribution >= 0.6 is 46.3 Å². The number of nitrogens with zero attached hydrogens (tertiary/aromatic N) is 1. The normalized spacial score (nSPS) is 14.0. The molecule has 2 aromatic heterocycles. The Morgan fingerprint density at radius 1 is 1.17 bits per heavy atom. The fourth-order valence-corrected chi connectivity index (χ4v) is 6.72. The molecule has 1 aliphatic rings. The Balaban J connectivity index is 1.39. The molecule has 180 valence electrons. The van der Waals surface area contributed by atoms with Gasteiger partial charge in [0, 0.05) is 16.0 Å². The molecule has 5 rings (SSSR count). The van der Waals surface area contributed by atoms with Crippen LogP contribution in [-0.4, -0.2) is 21.1 Å². The van der Waals surface area contributed by atoms with Crippen molar-refractivity contribution >= 4 is 68.1 Å². The van der Waals surface area contributed by atoms with Gasteiger partial charge in [0.05, 0.1) is 21.3 Å². The van der Waals surface area contributed by atoms with Gasteiger partial charge in [-0.1, -0.05) is 60.1 Å². The summed E-state index contributed by atoms with van der Waals surface area (Å²) in [5.41, 5.74) is 5.05. The lowest BCUT2D eigenvalue weighted by Gasteiger charge is -2.16. The summed E-state index contributed by atoms with van der Waals surface area (Å²) in [6.45, 7) is 1.91. The predicted octanol–water partition coefficient (Wildman–Crippen LogP) is 7.35. The third kappa shape index (κ3) is 5.14. The Morgan fingerprint density at radius 2 is 1.97 bits per heavy atom. The molecular weight excluding hydrogens is 521 g/mol. The van der Waals surface area contributed by atoms with Crippen LogP contribution < -0.4 is 10.9 Å². The van der Waals surface area contributed by atoms with Gasteiger partial charge >= 0.3 is 0 Å². The van der Waals surface area contributed by atoms with Crippen molar-refractivity contribution in [3.05, 3.63) is 73.3 Å². The average molecular weight is 545 g/mol. The van der Waals surface area contributed by atoms with Crippen molar-refractivity contribution in [1.82, 2.24) is 9.97 Å². The van der Waals surface area contributed by atoms with Gasteiger partial charge in [0.15, 0.2) is 5.16 Å². The number of benzene rings is 2. The molecule has 0 bridgehead atoms. The Bertz CT molecular complexity index is 1480. The number of fused-ring (bicyclic) bond motifs is 2. The van der Waals surface area contributed by atoms with Crippen LogP contribution in [0.15, 0.2) is 51.7 Å². The van der Waals surface area contributed by atoms with Crippen molar-refractivity contribution in [3.63, 3.8) is 0 Å². The number of nitrogens with one attached hydrogen (secondary N) is 2. The lowest BCUT2D eigenvalue weighted by Crippen LogP contribution is -2.25. The van der Waals surface area contributed by atoms with Crippen LogP contribution in [0.1, 0.15) is 37.3 Å². The first kappa shape index (κ1) is 24.4. The molecular formula is C26H23Cl2N3O2S2. The number of thiophene rings is 1. The zero-order valence-electron chi connectivity index (χ0n) is 19.0. The predicted molar refractivity (Wildman–Crippen MR) is 147 cm³/mol. The fraction of sp³-hybridized carbons (Fsp3) is 0.269. The number of carbonyl (C=O) groups excluding carboxylic acids is 1. The van der Waals surface area contributed by atoms with Crippen LogP contribution in [0.3, 0.4) is 0 Å². The minimum absolute atomic E-state index is 0.192. The van der Waals surface area contributed by atoms with Gasteiger partial charge in [0.1, 0.15) is 4.83 Å². The minimum Gasteiger partial charge on any atom is -0.324 e. The molecule has 9 heteroatoms. The summed E-state index contributed by atoms with van der Waals surface area (Å²) < 4.78 is 0. The van der Waals surface area contributed by atoms with Gasteiger partial charge in [-0.3, -0.25) is 9.59 Å². The Morgan fingerprint density at radius 3 is 2.74 bits per heavy atom. The second-order valence-corrected chi connectivity index (χ2v) is 11.4. The highest BCUT2D eigenvalue weighted by atomic mass is 35.5. The molecule has 0 spiro atoms. The molecule has 5 nitrogen and oxygen atoms in total. The van der Waals surface area contributed by atoms with Crippen LogP contribution in [0.4, 0.5) is 5.69 Å². The maximum atomic E-state index is 13.1. The van der Waals surface area contributed by atoms with Gasteiger partial charge in [0.25, 0.3) is 5.56 Å². The molecule has 2 heterocycles. The molecule has 0 saturated carbocycles. The largest absolute Gasteiger partial charge is 0.324 e. The number of aromatic nitrogens is 2. The molecule has 2 aromatic carbocycles. The molecule has 1 unspecified atom stereocenters. The SMILES string of the molecule is CCC(Sc1nc2scc(-c3ccc4c(c3)CCCC4)c2c(=O)[nH]1)C(=O)Nc1ccc(Cl)cc1Cl. The molecule has 1 aliphatic carbocycles. The average Bonchev–Trinajstić information content (AvgIpc) is 3.28. The standard InChI is InChI=1S/C26H23Cl2N3O2S2/c1-2-21(23(32)29-20-10-9-17(27)12-19(20)28)35-26-30-24(33)22-18(13-34-25(22)31-26)16-8-7-14-5-3-4-6-15(14)11-16/h7-13,21H,2-6H2,1H3,(H,29,32)(H,30,31,33). The number of aromatic amines is 1. The third-order valence-corrected chi connectivity index (χ3v) is 8.86. The Kier molecular flexibility index (Phi) is 7.21. The van der Waals surface area contributed by atoms with E-state index in [1.165, 1.54) is 47.1 Å². The second kappa shape index (κ2) is 10.3. The monoisotopic (exact) mass is 543 g/mol. The van der Waals surface area contributed by atoms with Crippen molar-refractivity contribution in [1.29, 1.82) is 0 Å². The first-order valence-corrected chi connectivity index (χ1v) is 14.0. The summed E-state index contributed by atoms with van der Waals surface area (Å²) in [5.74, 6) is -0.217. The smallest absolute Gasteiger partial charge is 0.260 e. The number of H-pyrrole nitrogens is 1. The van der Waals surface area contributed by atoms with Crippen molar-refractivity contribution in [2.75, 3.05) is 5.32 Å². The maximum Gasteiger partial charge on any atom is 0.260 e. The first-order chi connectivity index (χ1) is 16.9. The summed E-state index contributed by atoms with van der Waals surface area (Å²) in [6.07, 6.45) is 5.21. The number of hydrogen-bond donors (Lipinski definition) is 2. The minimum atomic E-state index is -0.456. The molecule has 0 fully saturated rings. The number of anilines is 1. The van der Waals surface area contributed by atoms with Gasteiger partial charge in [-0.2, -0.15) is 0 Å². The first-order valence-electron chi connectivity index (χ1n) is 11.5. The zero-order valence-corrected chi connectivity index (χ0v) is 22.1. The van der Waals surface area contributed by atoms with E-state index in [1.54, 1.807) is 18.2 Å². The summed E-state index contributed by atoms with van der Waals surface area (Å²) in [5, 5.41) is 6.27. The summed E-state index contributed by atoms with van der Waals surface area (Å²) >= 11 is 14.8. The molecule has 0 aliphatic heterocycles. The number of thioether (sulfide) groups is 1. The highest BCUT2D eigenvalue weighted by molar-refractivity contribution is 8.00. The number of amides is 1. The van der Waals surface area contributed by atoms with Crippen molar-refractivity contribution in [2.45, 2.75) is 49.4 Å². The molecule has 1 atom stereocenters. The van der Waals surface area contributed by atoms with Gasteiger partial charge in [-0.05, 0) is 67.0 Å². The second-order valence-electron chi connectivity index (χ2n) is 8.52. The number of carbonyl (C=O) groups is 1. The summed E-state index contributed by atoms with van der Waals surface area (Å²) in [7, 11) is 0. The van der Waals surface area contributed by atoms with E-state index < -0.39 is 5.25 Å². The van der Waals surface area contributed by atoms with Gasteiger partial charge in [0.2, 0.25) is 5.91 Å². The summed E-state index contributed by atoms with van der Waals surface area (Å²) in [6, 6.07) is 11.4. The molecule has 35 heavy (non-hydrogen) atoms. The maximum absolute atomic E-state index is 13.1. The number of hydrogen-bond acceptors (Lipinski definition) is 5. The van der Waals surface area contributed by atoms with Gasteiger partial charge in [-0.15, -0.1) is 11.3 Å². The van der Waals surface area contributed by atoms with E-state index in [2.05, 4.69) is 33.5 Å². The van der Waals surface area contributed by atoms with E-state index in [9.17, 15) is 9.59 Å². The van der Waals surface area contributed by atoms with Crippen LogP contribution in [-0.2, 0) is 17.6 Å². The van der Waals surface area contributed by atoms with E-state index in [-0.39, 0.29) is 11.5 Å². The van der Waals surface area contributed by atoms with Gasteiger partial charge in [-0.25, -0.2) is 4.98 Å². The van der Waals surface area contributed by atoms with E-state index in [4.69, 9.17) is 23.2 Å². The molecule has 4 aromatic rings. The fourth-order valence-electron chi connectivity index (χ4n) is 4.36. The topological polar surface area (TPSA) is 74.8 Å². The Labute approximate surface area is 221 Å². The molecule has 0 radical (unpaired) electrons. The zero-order chi connectivity index (χ0) is 24.5. The number of aryl methyl sites for hydroxylation is 2. The molecule has 2 N–H and O–H groups in total. The van der Waals surface area contributed by atoms with Crippen LogP contribution in [0.5, 0.6) is 0 Å². The van der Waals surface area contributed by atoms with Crippen molar-refractivity contribution in [3.8, 4) is 11.1 Å². The quantitative estimate of drug-likeness (QED) is 0.197. The molecule has 0 saturated heterocycles. The van der Waals surface area contributed by atoms with Crippen LogP contribution in [0.2, 0.25) is 10.0 Å². The van der Waals surface area contributed by atoms with Crippen molar-refractivity contribution in [2.24, 2.45) is 0 Å². The van der Waals surface area contributed by atoms with Crippen LogP contribution in [0.25, 0.3) is 21.3 Å². The van der Waals surface area contributed by atoms with E-state index in [0.29, 0.717) is 37.5 Å². The van der Waals surface area contributed by atoms with E-state index in [1.807, 2.05) is 12.3 Å². The number of rotatable bonds is 6. The highest BCUT2D eigenvalue weighted by Gasteiger charge is 2.22. The van der Waals surface area contributed by atoms with Gasteiger partial charge < -0.3 is 10.3 Å². The Hall–Kier alpha value is -2.32. The molecule has 1 amide bonds. The lowest BCUT2D eigenvalue weighted by molar-refractivity contribution is -0.115. The lowest BCUT2D eigenvalue weighted by atomic mass is 9.89. The highest BCUT2D eigenvalue weighted by Crippen LogP contribution is 2.35. The van der Waals surface area contributed by atoms with E-state index in [0.717, 1.165) is 24.0 Å². The van der Waals surface area contributed by atoms with Crippen LogP contribution in [0, 0.1) is 0 Å². The summed E-state index contributed by atoms with van der Waals surface area (Å²) in [4.78, 5) is 34.3. The number of halogens is 2. The van der Waals surface area contributed by atoms with Crippen molar-refractivity contribution < 1.29 is 4.79 Å².